The number of fused-ring (bicyclic) bond motifs is 1. The van der Waals surface area contributed by atoms with Crippen LogP contribution in [0.25, 0.3) is 0 Å². The molecule has 0 saturated heterocycles. The molecule has 60 valence electrons. The summed E-state index contributed by atoms with van der Waals surface area (Å²) in [7, 11) is 3.03. The largest absolute Gasteiger partial charge is 0.403 e. The normalized spacial score (nSPS) is 14.3. The van der Waals surface area contributed by atoms with Crippen LogP contribution in [0, 0.1) is 0 Å². The first-order valence-corrected chi connectivity index (χ1v) is 4.66. The summed E-state index contributed by atoms with van der Waals surface area (Å²) in [6, 6.07) is 6.68. The van der Waals surface area contributed by atoms with Crippen LogP contribution in [-0.4, -0.2) is 15.4 Å². The van der Waals surface area contributed by atoms with Gasteiger partial charge in [-0.2, -0.15) is 0 Å². The Morgan fingerprint density at radius 2 is 2.25 bits per heavy atom. The Morgan fingerprint density at radius 1 is 1.33 bits per heavy atom. The topological polar surface area (TPSA) is 12.0 Å². The third-order valence-corrected chi connectivity index (χ3v) is 2.61. The van der Waals surface area contributed by atoms with E-state index in [-0.39, 0.29) is 0 Å². The Bertz CT molecular complexity index is 286. The number of hydrogen-bond donors (Lipinski definition) is 1. The van der Waals surface area contributed by atoms with Crippen molar-refractivity contribution < 1.29 is 0 Å². The van der Waals surface area contributed by atoms with Gasteiger partial charge in [0.05, 0.1) is 0 Å². The Labute approximate surface area is 75.3 Å². The number of nitrogens with one attached hydrogen (secondary N) is 1. The molecule has 0 fully saturated rings. The smallest absolute Gasteiger partial charge is 0.224 e. The predicted octanol–water partition coefficient (Wildman–Crippen LogP) is -0.710. The highest BCUT2D eigenvalue weighted by Gasteiger charge is 2.13. The molecule has 0 heterocycles. The second kappa shape index (κ2) is 3.36. The van der Waals surface area contributed by atoms with Gasteiger partial charge in [0.1, 0.15) is 0 Å². The lowest BCUT2D eigenvalue weighted by molar-refractivity contribution is 0.913. The molecule has 0 saturated carbocycles. The van der Waals surface area contributed by atoms with Crippen LogP contribution in [0.5, 0.6) is 0 Å². The van der Waals surface area contributed by atoms with Crippen molar-refractivity contribution in [1.82, 2.24) is 5.14 Å². The van der Waals surface area contributed by atoms with Gasteiger partial charge in [-0.25, -0.2) is 0 Å². The molecule has 1 aliphatic rings. The van der Waals surface area contributed by atoms with E-state index >= 15 is 0 Å². The SMILES string of the molecule is BNBc1cccc2c1CCC2. The summed E-state index contributed by atoms with van der Waals surface area (Å²) in [5, 5.41) is 3.21. The molecule has 0 aliphatic heterocycles. The molecule has 0 bridgehead atoms. The van der Waals surface area contributed by atoms with E-state index in [1.54, 1.807) is 11.1 Å². The maximum absolute atomic E-state index is 3.21. The van der Waals surface area contributed by atoms with E-state index in [2.05, 4.69) is 23.3 Å². The van der Waals surface area contributed by atoms with Crippen molar-refractivity contribution in [3.8, 4) is 0 Å². The van der Waals surface area contributed by atoms with Crippen LogP contribution in [0.15, 0.2) is 18.2 Å². The average molecular weight is 157 g/mol. The predicted molar refractivity (Wildman–Crippen MR) is 56.9 cm³/mol. The molecule has 12 heavy (non-hydrogen) atoms. The van der Waals surface area contributed by atoms with Gasteiger partial charge in [0.15, 0.2) is 7.98 Å². The van der Waals surface area contributed by atoms with Crippen LogP contribution in [0.4, 0.5) is 0 Å². The summed E-state index contributed by atoms with van der Waals surface area (Å²) in [4.78, 5) is 0. The van der Waals surface area contributed by atoms with E-state index in [4.69, 9.17) is 0 Å². The van der Waals surface area contributed by atoms with Gasteiger partial charge in [-0.3, -0.25) is 0 Å². The monoisotopic (exact) mass is 157 g/mol. The average Bonchev–Trinajstić information content (AvgIpc) is 2.53. The van der Waals surface area contributed by atoms with Gasteiger partial charge < -0.3 is 5.14 Å². The lowest BCUT2D eigenvalue weighted by Crippen LogP contribution is -2.30. The van der Waals surface area contributed by atoms with Crippen LogP contribution >= 0.6 is 0 Å². The van der Waals surface area contributed by atoms with Crippen molar-refractivity contribution in [3.05, 3.63) is 29.3 Å². The summed E-state index contributed by atoms with van der Waals surface area (Å²) < 4.78 is 0. The quantitative estimate of drug-likeness (QED) is 0.559. The van der Waals surface area contributed by atoms with E-state index in [9.17, 15) is 0 Å². The summed E-state index contributed by atoms with van der Waals surface area (Å²) in [6.07, 6.45) is 3.91. The van der Waals surface area contributed by atoms with E-state index in [0.29, 0.717) is 0 Å². The summed E-state index contributed by atoms with van der Waals surface area (Å²) in [6.45, 7) is 0. The fourth-order valence-corrected chi connectivity index (χ4v) is 2.05. The molecule has 1 aromatic rings. The number of benzene rings is 1. The molecule has 2 rings (SSSR count). The van der Waals surface area contributed by atoms with E-state index in [1.165, 1.54) is 24.7 Å². The second-order valence-electron chi connectivity index (χ2n) is 3.44. The van der Waals surface area contributed by atoms with Crippen molar-refractivity contribution in [2.75, 3.05) is 0 Å². The van der Waals surface area contributed by atoms with Crippen LogP contribution in [0.1, 0.15) is 17.5 Å². The molecule has 0 atom stereocenters. The minimum atomic E-state index is 1.02. The molecule has 3 heteroatoms. The standard InChI is InChI=1S/C9H13B2N/c10-12-11-9-6-2-4-7-3-1-5-8(7)9/h2,4,6,11-12H,1,3,5,10H2. The summed E-state index contributed by atoms with van der Waals surface area (Å²) >= 11 is 0. The van der Waals surface area contributed by atoms with Crippen molar-refractivity contribution in [3.63, 3.8) is 0 Å². The third kappa shape index (κ3) is 1.29. The Balaban J connectivity index is 2.36. The molecular formula is C9H13B2N. The fraction of sp³-hybridized carbons (Fsp3) is 0.333. The van der Waals surface area contributed by atoms with E-state index < -0.39 is 0 Å². The number of hydrogen-bond acceptors (Lipinski definition) is 1. The first kappa shape index (κ1) is 7.93. The lowest BCUT2D eigenvalue weighted by Gasteiger charge is -2.05. The second-order valence-corrected chi connectivity index (χ2v) is 3.44. The molecule has 1 N–H and O–H groups in total. The summed E-state index contributed by atoms with van der Waals surface area (Å²) in [5.74, 6) is 0. The molecule has 1 nitrogen and oxygen atoms in total. The maximum Gasteiger partial charge on any atom is 0.224 e. The molecule has 0 spiro atoms. The van der Waals surface area contributed by atoms with Crippen molar-refractivity contribution in [1.29, 1.82) is 0 Å². The van der Waals surface area contributed by atoms with Crippen LogP contribution < -0.4 is 10.6 Å². The summed E-state index contributed by atoms with van der Waals surface area (Å²) in [5.41, 5.74) is 4.67. The first-order valence-electron chi connectivity index (χ1n) is 4.66. The molecule has 1 aliphatic carbocycles. The molecule has 1 aromatic carbocycles. The molecular weight excluding hydrogens is 144 g/mol. The zero-order valence-corrected chi connectivity index (χ0v) is 7.56. The molecule has 0 aromatic heterocycles. The highest BCUT2D eigenvalue weighted by Crippen LogP contribution is 2.18. The van der Waals surface area contributed by atoms with Gasteiger partial charge in [-0.15, -0.1) is 0 Å². The number of rotatable bonds is 2. The molecule has 0 amide bonds. The zero-order valence-electron chi connectivity index (χ0n) is 7.56. The van der Waals surface area contributed by atoms with Crippen LogP contribution in [-0.2, 0) is 12.8 Å². The Hall–Kier alpha value is -0.690. The highest BCUT2D eigenvalue weighted by atomic mass is 14.6. The maximum atomic E-state index is 3.21. The van der Waals surface area contributed by atoms with E-state index in [0.717, 1.165) is 7.41 Å². The van der Waals surface area contributed by atoms with E-state index in [1.807, 2.05) is 7.98 Å². The minimum Gasteiger partial charge on any atom is -0.403 e. The Morgan fingerprint density at radius 3 is 3.08 bits per heavy atom. The molecule has 0 unspecified atom stereocenters. The Kier molecular flexibility index (Phi) is 2.22. The number of aryl methyl sites for hydroxylation is 1. The van der Waals surface area contributed by atoms with Crippen molar-refractivity contribution in [2.45, 2.75) is 19.3 Å². The fourth-order valence-electron chi connectivity index (χ4n) is 2.05. The van der Waals surface area contributed by atoms with Crippen molar-refractivity contribution >= 4 is 20.9 Å². The van der Waals surface area contributed by atoms with Crippen LogP contribution in [0.2, 0.25) is 0 Å². The minimum absolute atomic E-state index is 1.02. The van der Waals surface area contributed by atoms with Crippen molar-refractivity contribution in [2.24, 2.45) is 0 Å². The van der Waals surface area contributed by atoms with Gasteiger partial charge in [-0.1, -0.05) is 23.7 Å². The van der Waals surface area contributed by atoms with Gasteiger partial charge in [-0.05, 0) is 30.4 Å². The van der Waals surface area contributed by atoms with Gasteiger partial charge in [0.2, 0.25) is 7.41 Å². The molecule has 0 radical (unpaired) electrons. The first-order chi connectivity index (χ1) is 5.92. The van der Waals surface area contributed by atoms with Gasteiger partial charge in [0.25, 0.3) is 0 Å². The third-order valence-electron chi connectivity index (χ3n) is 2.61. The van der Waals surface area contributed by atoms with Gasteiger partial charge in [0, 0.05) is 0 Å². The lowest BCUT2D eigenvalue weighted by atomic mass is 9.77. The zero-order chi connectivity index (χ0) is 8.39. The van der Waals surface area contributed by atoms with Gasteiger partial charge >= 0.3 is 0 Å². The van der Waals surface area contributed by atoms with Crippen LogP contribution in [0.3, 0.4) is 0 Å². The highest BCUT2D eigenvalue weighted by molar-refractivity contribution is 6.57.